The molecule has 110 valence electrons. The summed E-state index contributed by atoms with van der Waals surface area (Å²) in [4.78, 5) is 14.5. The van der Waals surface area contributed by atoms with Crippen molar-refractivity contribution in [1.82, 2.24) is 10.2 Å². The van der Waals surface area contributed by atoms with Gasteiger partial charge in [-0.3, -0.25) is 4.79 Å². The molecule has 0 saturated carbocycles. The second kappa shape index (κ2) is 8.29. The zero-order valence-corrected chi connectivity index (χ0v) is 12.5. The molecule has 8 heteroatoms. The van der Waals surface area contributed by atoms with Crippen LogP contribution in [-0.4, -0.2) is 44.6 Å². The standard InChI is InChI=1S/C11H16F2N2O2S.ClH/c1-7-6-8(17-11(12)13)9(18-7)10(16)15(3)5-4-14-2;/h6,11,14H,4-5H2,1-3H3;1H. The van der Waals surface area contributed by atoms with Crippen LogP contribution in [0.1, 0.15) is 14.5 Å². The van der Waals surface area contributed by atoms with Crippen molar-refractivity contribution >= 4 is 29.7 Å². The Bertz CT molecular complexity index is 415. The number of thiophene rings is 1. The summed E-state index contributed by atoms with van der Waals surface area (Å²) in [6.45, 7) is -0.0426. The van der Waals surface area contributed by atoms with Crippen molar-refractivity contribution in [2.24, 2.45) is 0 Å². The predicted octanol–water partition coefficient (Wildman–Crippen LogP) is 2.37. The van der Waals surface area contributed by atoms with Crippen molar-refractivity contribution in [3.05, 3.63) is 15.8 Å². The van der Waals surface area contributed by atoms with Crippen LogP contribution in [0.5, 0.6) is 5.75 Å². The van der Waals surface area contributed by atoms with Crippen LogP contribution in [0.2, 0.25) is 0 Å². The van der Waals surface area contributed by atoms with Gasteiger partial charge in [-0.05, 0) is 20.0 Å². The molecule has 0 aliphatic heterocycles. The van der Waals surface area contributed by atoms with Crippen LogP contribution in [0.25, 0.3) is 0 Å². The summed E-state index contributed by atoms with van der Waals surface area (Å²) in [6.07, 6.45) is 0. The first-order valence-corrected chi connectivity index (χ1v) is 6.22. The molecular formula is C11H17ClF2N2O2S. The Hall–Kier alpha value is -0.920. The zero-order valence-electron chi connectivity index (χ0n) is 10.9. The highest BCUT2D eigenvalue weighted by molar-refractivity contribution is 7.14. The highest BCUT2D eigenvalue weighted by Gasteiger charge is 2.21. The van der Waals surface area contributed by atoms with E-state index in [0.717, 1.165) is 16.2 Å². The Morgan fingerprint density at radius 2 is 2.21 bits per heavy atom. The molecular weight excluding hydrogens is 298 g/mol. The van der Waals surface area contributed by atoms with Gasteiger partial charge in [0.1, 0.15) is 10.6 Å². The lowest BCUT2D eigenvalue weighted by Crippen LogP contribution is -2.32. The first-order valence-electron chi connectivity index (χ1n) is 5.41. The molecule has 4 nitrogen and oxygen atoms in total. The highest BCUT2D eigenvalue weighted by atomic mass is 35.5. The smallest absolute Gasteiger partial charge is 0.387 e. The van der Waals surface area contributed by atoms with E-state index in [1.54, 1.807) is 21.0 Å². The van der Waals surface area contributed by atoms with Gasteiger partial charge in [0.25, 0.3) is 5.91 Å². The third-order valence-electron chi connectivity index (χ3n) is 2.28. The summed E-state index contributed by atoms with van der Waals surface area (Å²) in [5, 5.41) is 2.92. The van der Waals surface area contributed by atoms with E-state index in [0.29, 0.717) is 13.1 Å². The number of likely N-dealkylation sites (N-methyl/N-ethyl adjacent to an activating group) is 2. The number of alkyl halides is 2. The van der Waals surface area contributed by atoms with E-state index >= 15 is 0 Å². The zero-order chi connectivity index (χ0) is 13.7. The quantitative estimate of drug-likeness (QED) is 0.876. The van der Waals surface area contributed by atoms with Gasteiger partial charge in [0.2, 0.25) is 0 Å². The van der Waals surface area contributed by atoms with Gasteiger partial charge in [-0.1, -0.05) is 0 Å². The molecule has 0 fully saturated rings. The lowest BCUT2D eigenvalue weighted by molar-refractivity contribution is -0.0499. The maximum absolute atomic E-state index is 12.2. The van der Waals surface area contributed by atoms with Crippen LogP contribution in [0.15, 0.2) is 6.07 Å². The van der Waals surface area contributed by atoms with Crippen LogP contribution in [-0.2, 0) is 0 Å². The van der Waals surface area contributed by atoms with Crippen LogP contribution < -0.4 is 10.1 Å². The molecule has 0 saturated heterocycles. The van der Waals surface area contributed by atoms with Gasteiger partial charge in [0.15, 0.2) is 0 Å². The number of ether oxygens (including phenoxy) is 1. The monoisotopic (exact) mass is 314 g/mol. The van der Waals surface area contributed by atoms with Crippen molar-refractivity contribution in [3.63, 3.8) is 0 Å². The number of rotatable bonds is 6. The first-order chi connectivity index (χ1) is 8.45. The average molecular weight is 315 g/mol. The molecule has 19 heavy (non-hydrogen) atoms. The minimum atomic E-state index is -2.92. The maximum atomic E-state index is 12.2. The third kappa shape index (κ3) is 5.30. The van der Waals surface area contributed by atoms with Gasteiger partial charge in [-0.25, -0.2) is 0 Å². The van der Waals surface area contributed by atoms with Crippen molar-refractivity contribution in [3.8, 4) is 5.75 Å². The van der Waals surface area contributed by atoms with Gasteiger partial charge in [-0.2, -0.15) is 8.78 Å². The fourth-order valence-electron chi connectivity index (χ4n) is 1.38. The molecule has 0 unspecified atom stereocenters. The number of hydrogen-bond donors (Lipinski definition) is 1. The normalized spacial score (nSPS) is 10.2. The lowest BCUT2D eigenvalue weighted by Gasteiger charge is -2.16. The minimum absolute atomic E-state index is 0. The summed E-state index contributed by atoms with van der Waals surface area (Å²) in [7, 11) is 3.40. The van der Waals surface area contributed by atoms with Crippen molar-refractivity contribution in [2.75, 3.05) is 27.2 Å². The van der Waals surface area contributed by atoms with Gasteiger partial charge >= 0.3 is 6.61 Å². The molecule has 0 bridgehead atoms. The third-order valence-corrected chi connectivity index (χ3v) is 3.30. The van der Waals surface area contributed by atoms with Crippen LogP contribution in [0.3, 0.4) is 0 Å². The van der Waals surface area contributed by atoms with E-state index in [4.69, 9.17) is 0 Å². The van der Waals surface area contributed by atoms with E-state index < -0.39 is 6.61 Å². The first kappa shape index (κ1) is 18.1. The number of carbonyl (C=O) groups is 1. The van der Waals surface area contributed by atoms with Crippen molar-refractivity contribution in [1.29, 1.82) is 0 Å². The second-order valence-corrected chi connectivity index (χ2v) is 5.02. The van der Waals surface area contributed by atoms with Crippen molar-refractivity contribution in [2.45, 2.75) is 13.5 Å². The number of nitrogens with zero attached hydrogens (tertiary/aromatic N) is 1. The van der Waals surface area contributed by atoms with Crippen molar-refractivity contribution < 1.29 is 18.3 Å². The second-order valence-electron chi connectivity index (χ2n) is 3.76. The summed E-state index contributed by atoms with van der Waals surface area (Å²) >= 11 is 1.16. The molecule has 0 aliphatic carbocycles. The van der Waals surface area contributed by atoms with Gasteiger partial charge in [0, 0.05) is 25.0 Å². The number of carbonyl (C=O) groups excluding carboxylic acids is 1. The largest absolute Gasteiger partial charge is 0.433 e. The Morgan fingerprint density at radius 3 is 2.74 bits per heavy atom. The molecule has 1 rings (SSSR count). The van der Waals surface area contributed by atoms with E-state index in [1.807, 2.05) is 0 Å². The molecule has 1 aromatic rings. The minimum Gasteiger partial charge on any atom is -0.433 e. The molecule has 0 aromatic carbocycles. The highest BCUT2D eigenvalue weighted by Crippen LogP contribution is 2.31. The average Bonchev–Trinajstić information content (AvgIpc) is 2.65. The fourth-order valence-corrected chi connectivity index (χ4v) is 2.32. The Labute approximate surface area is 121 Å². The predicted molar refractivity (Wildman–Crippen MR) is 73.8 cm³/mol. The number of nitrogens with one attached hydrogen (secondary N) is 1. The molecule has 1 heterocycles. The summed E-state index contributed by atoms with van der Waals surface area (Å²) < 4.78 is 28.8. The van der Waals surface area contributed by atoms with Gasteiger partial charge in [0.05, 0.1) is 0 Å². The summed E-state index contributed by atoms with van der Waals surface area (Å²) in [6, 6.07) is 1.45. The van der Waals surface area contributed by atoms with Crippen LogP contribution >= 0.6 is 23.7 Å². The van der Waals surface area contributed by atoms with E-state index in [2.05, 4.69) is 10.1 Å². The molecule has 1 N–H and O–H groups in total. The SMILES string of the molecule is CNCCN(C)C(=O)c1sc(C)cc1OC(F)F.Cl. The Balaban J connectivity index is 0.00000324. The number of aryl methyl sites for hydroxylation is 1. The molecule has 1 aromatic heterocycles. The summed E-state index contributed by atoms with van der Waals surface area (Å²) in [5.74, 6) is -0.354. The number of halogens is 3. The molecule has 1 amide bonds. The Morgan fingerprint density at radius 1 is 1.58 bits per heavy atom. The van der Waals surface area contributed by atoms with E-state index in [9.17, 15) is 13.6 Å². The topological polar surface area (TPSA) is 41.6 Å². The number of hydrogen-bond acceptors (Lipinski definition) is 4. The Kier molecular flexibility index (Phi) is 7.89. The molecule has 0 radical (unpaired) electrons. The summed E-state index contributed by atoms with van der Waals surface area (Å²) in [5.41, 5.74) is 0. The maximum Gasteiger partial charge on any atom is 0.387 e. The van der Waals surface area contributed by atoms with E-state index in [1.165, 1.54) is 11.0 Å². The molecule has 0 atom stereocenters. The fraction of sp³-hybridized carbons (Fsp3) is 0.545. The number of amides is 1. The van der Waals surface area contributed by atoms with Crippen LogP contribution in [0.4, 0.5) is 8.78 Å². The molecule has 0 spiro atoms. The van der Waals surface area contributed by atoms with Crippen LogP contribution in [0, 0.1) is 6.92 Å². The van der Waals surface area contributed by atoms with E-state index in [-0.39, 0.29) is 28.9 Å². The van der Waals surface area contributed by atoms with Gasteiger partial charge in [-0.15, -0.1) is 23.7 Å². The van der Waals surface area contributed by atoms with Gasteiger partial charge < -0.3 is 15.0 Å². The molecule has 0 aliphatic rings. The lowest BCUT2D eigenvalue weighted by atomic mass is 10.3.